The number of ether oxygens (including phenoxy) is 3. The third-order valence-electron chi connectivity index (χ3n) is 8.73. The highest BCUT2D eigenvalue weighted by Gasteiger charge is 2.42. The van der Waals surface area contributed by atoms with Crippen molar-refractivity contribution in [1.29, 1.82) is 0 Å². The second-order valence-electron chi connectivity index (χ2n) is 11.4. The van der Waals surface area contributed by atoms with Crippen LogP contribution < -0.4 is 10.6 Å². The molecule has 12 heteroatoms. The zero-order valence-electron chi connectivity index (χ0n) is 27.1. The molecule has 0 radical (unpaired) electrons. The molecule has 7 atom stereocenters. The largest absolute Gasteiger partial charge is 0.467 e. The molecule has 1 saturated heterocycles. The molecule has 0 aromatic heterocycles. The van der Waals surface area contributed by atoms with Gasteiger partial charge in [-0.05, 0) is 24.3 Å². The van der Waals surface area contributed by atoms with E-state index in [1.54, 1.807) is 23.8 Å². The third-order valence-corrected chi connectivity index (χ3v) is 8.73. The van der Waals surface area contributed by atoms with Crippen LogP contribution in [0.1, 0.15) is 52.0 Å². The Morgan fingerprint density at radius 3 is 2.34 bits per heavy atom. The Kier molecular flexibility index (Phi) is 15.3. The van der Waals surface area contributed by atoms with Gasteiger partial charge in [0.15, 0.2) is 0 Å². The average Bonchev–Trinajstić information content (AvgIpc) is 3.52. The lowest BCUT2D eigenvalue weighted by Crippen LogP contribution is -2.54. The van der Waals surface area contributed by atoms with Crippen molar-refractivity contribution in [2.24, 2.45) is 11.8 Å². The van der Waals surface area contributed by atoms with Crippen molar-refractivity contribution in [3.8, 4) is 0 Å². The number of likely N-dealkylation sites (tertiary alicyclic amines) is 1. The minimum atomic E-state index is -0.877. The van der Waals surface area contributed by atoms with E-state index in [9.17, 15) is 24.0 Å². The van der Waals surface area contributed by atoms with E-state index < -0.39 is 36.2 Å². The van der Waals surface area contributed by atoms with Crippen molar-refractivity contribution < 1.29 is 38.2 Å². The molecule has 44 heavy (non-hydrogen) atoms. The van der Waals surface area contributed by atoms with Gasteiger partial charge in [0.05, 0.1) is 50.3 Å². The second kappa shape index (κ2) is 18.3. The molecule has 246 valence electrons. The number of nitrogens with one attached hydrogen (secondary N) is 2. The molecular formula is C32H50N4O8. The summed E-state index contributed by atoms with van der Waals surface area (Å²) < 4.78 is 16.6. The van der Waals surface area contributed by atoms with E-state index in [2.05, 4.69) is 10.6 Å². The quantitative estimate of drug-likeness (QED) is 0.186. The SMILES string of the molecule is CCC(C)C(C(CC(=O)N1CCCC1C(OC)[C@@H](C)C(=O)N[C@@H](Cc1ccccc1)C(=O)OC)OC)N(C)C(=O)CNC=O. The fourth-order valence-corrected chi connectivity index (χ4v) is 6.07. The molecule has 0 aliphatic carbocycles. The van der Waals surface area contributed by atoms with Crippen LogP contribution in [0.2, 0.25) is 0 Å². The molecule has 2 N–H and O–H groups in total. The Morgan fingerprint density at radius 1 is 1.09 bits per heavy atom. The summed E-state index contributed by atoms with van der Waals surface area (Å²) in [5, 5.41) is 5.23. The maximum absolute atomic E-state index is 13.8. The highest BCUT2D eigenvalue weighted by Crippen LogP contribution is 2.29. The molecule has 0 saturated carbocycles. The number of rotatable bonds is 18. The molecular weight excluding hydrogens is 568 g/mol. The second-order valence-corrected chi connectivity index (χ2v) is 11.4. The van der Waals surface area contributed by atoms with Gasteiger partial charge >= 0.3 is 5.97 Å². The first-order valence-electron chi connectivity index (χ1n) is 15.2. The molecule has 0 spiro atoms. The first-order chi connectivity index (χ1) is 21.0. The molecule has 2 rings (SSSR count). The van der Waals surface area contributed by atoms with Gasteiger partial charge in [-0.3, -0.25) is 19.2 Å². The molecule has 1 aliphatic rings. The van der Waals surface area contributed by atoms with Crippen LogP contribution >= 0.6 is 0 Å². The Morgan fingerprint density at radius 2 is 1.77 bits per heavy atom. The number of nitrogens with zero attached hydrogens (tertiary/aromatic N) is 2. The summed E-state index contributed by atoms with van der Waals surface area (Å²) in [7, 11) is 5.97. The van der Waals surface area contributed by atoms with Crippen molar-refractivity contribution in [1.82, 2.24) is 20.4 Å². The number of likely N-dealkylation sites (N-methyl/N-ethyl adjacent to an activating group) is 1. The maximum Gasteiger partial charge on any atom is 0.328 e. The van der Waals surface area contributed by atoms with E-state index in [4.69, 9.17) is 14.2 Å². The summed E-state index contributed by atoms with van der Waals surface area (Å²) in [6.45, 7) is 6.08. The number of carbonyl (C=O) groups excluding carboxylic acids is 5. The molecule has 1 fully saturated rings. The Hall–Kier alpha value is -3.51. The van der Waals surface area contributed by atoms with Crippen molar-refractivity contribution in [2.75, 3.05) is 41.5 Å². The van der Waals surface area contributed by atoms with Gasteiger partial charge in [0.1, 0.15) is 6.04 Å². The summed E-state index contributed by atoms with van der Waals surface area (Å²) in [6.07, 6.45) is 1.70. The molecule has 5 unspecified atom stereocenters. The first kappa shape index (κ1) is 36.7. The fourth-order valence-electron chi connectivity index (χ4n) is 6.07. The molecule has 1 aromatic rings. The maximum atomic E-state index is 13.8. The average molecular weight is 619 g/mol. The van der Waals surface area contributed by atoms with Crippen LogP contribution in [0.3, 0.4) is 0 Å². The minimum Gasteiger partial charge on any atom is -0.467 e. The number of benzene rings is 1. The minimum absolute atomic E-state index is 0.0152. The van der Waals surface area contributed by atoms with Crippen LogP contribution in [0, 0.1) is 11.8 Å². The first-order valence-corrected chi connectivity index (χ1v) is 15.2. The fraction of sp³-hybridized carbons (Fsp3) is 0.656. The highest BCUT2D eigenvalue weighted by molar-refractivity contribution is 5.86. The number of carbonyl (C=O) groups is 5. The van der Waals surface area contributed by atoms with Gasteiger partial charge < -0.3 is 34.6 Å². The summed E-state index contributed by atoms with van der Waals surface area (Å²) in [5.74, 6) is -2.03. The normalized spacial score (nSPS) is 18.7. The van der Waals surface area contributed by atoms with Gasteiger partial charge in [0.25, 0.3) is 0 Å². The number of hydrogen-bond acceptors (Lipinski definition) is 8. The van der Waals surface area contributed by atoms with Gasteiger partial charge in [-0.1, -0.05) is 57.5 Å². The molecule has 12 nitrogen and oxygen atoms in total. The van der Waals surface area contributed by atoms with E-state index in [1.807, 2.05) is 44.2 Å². The van der Waals surface area contributed by atoms with Crippen molar-refractivity contribution in [3.63, 3.8) is 0 Å². The van der Waals surface area contributed by atoms with Crippen LogP contribution in [0.4, 0.5) is 0 Å². The van der Waals surface area contributed by atoms with Gasteiger partial charge in [-0.25, -0.2) is 4.79 Å². The van der Waals surface area contributed by atoms with E-state index in [1.165, 1.54) is 21.3 Å². The number of methoxy groups -OCH3 is 3. The van der Waals surface area contributed by atoms with E-state index in [-0.39, 0.29) is 49.1 Å². The summed E-state index contributed by atoms with van der Waals surface area (Å²) in [4.78, 5) is 66.6. The predicted octanol–water partition coefficient (Wildman–Crippen LogP) is 1.55. The van der Waals surface area contributed by atoms with Crippen LogP contribution in [0.15, 0.2) is 30.3 Å². The van der Waals surface area contributed by atoms with Crippen LogP contribution in [-0.2, 0) is 44.6 Å². The lowest BCUT2D eigenvalue weighted by atomic mass is 9.90. The molecule has 4 amide bonds. The monoisotopic (exact) mass is 618 g/mol. The van der Waals surface area contributed by atoms with Gasteiger partial charge in [0, 0.05) is 34.2 Å². The summed E-state index contributed by atoms with van der Waals surface area (Å²) in [6, 6.07) is 7.70. The van der Waals surface area contributed by atoms with Crippen LogP contribution in [-0.4, -0.2) is 112 Å². The lowest BCUT2D eigenvalue weighted by molar-refractivity contribution is -0.148. The number of amides is 4. The molecule has 0 bridgehead atoms. The lowest BCUT2D eigenvalue weighted by Gasteiger charge is -2.39. The zero-order valence-corrected chi connectivity index (χ0v) is 27.1. The van der Waals surface area contributed by atoms with Crippen LogP contribution in [0.25, 0.3) is 0 Å². The smallest absolute Gasteiger partial charge is 0.328 e. The number of hydrogen-bond donors (Lipinski definition) is 2. The molecule has 1 aliphatic heterocycles. The van der Waals surface area contributed by atoms with Gasteiger partial charge in [-0.15, -0.1) is 0 Å². The standard InChI is InChI=1S/C32H50N4O8/c1-8-21(2)29(35(4)28(39)19-33-20-37)26(42-5)18-27(38)36-16-12-15-25(36)30(43-6)22(3)31(40)34-24(32(41)44-7)17-23-13-10-9-11-14-23/h9-11,13-14,20-22,24-26,29-30H,8,12,15-19H2,1-7H3,(H,33,37)(H,34,40)/t21?,22-,24+,25?,26?,29?,30?/m1/s1. The zero-order chi connectivity index (χ0) is 32.8. The number of esters is 1. The van der Waals surface area contributed by atoms with Gasteiger partial charge in [-0.2, -0.15) is 0 Å². The Labute approximate surface area is 261 Å². The molecule has 1 aromatic carbocycles. The third kappa shape index (κ3) is 9.75. The van der Waals surface area contributed by atoms with E-state index in [0.29, 0.717) is 19.4 Å². The van der Waals surface area contributed by atoms with Crippen molar-refractivity contribution in [3.05, 3.63) is 35.9 Å². The highest BCUT2D eigenvalue weighted by atomic mass is 16.5. The van der Waals surface area contributed by atoms with Crippen LogP contribution in [0.5, 0.6) is 0 Å². The molecule has 1 heterocycles. The predicted molar refractivity (Wildman–Crippen MR) is 164 cm³/mol. The van der Waals surface area contributed by atoms with E-state index >= 15 is 0 Å². The Bertz CT molecular complexity index is 1090. The van der Waals surface area contributed by atoms with Crippen molar-refractivity contribution >= 4 is 30.1 Å². The Balaban J connectivity index is 2.19. The summed E-state index contributed by atoms with van der Waals surface area (Å²) >= 11 is 0. The van der Waals surface area contributed by atoms with E-state index in [0.717, 1.165) is 18.4 Å². The van der Waals surface area contributed by atoms with Gasteiger partial charge in [0.2, 0.25) is 24.1 Å². The van der Waals surface area contributed by atoms with Crippen molar-refractivity contribution in [2.45, 2.75) is 83.2 Å². The summed E-state index contributed by atoms with van der Waals surface area (Å²) in [5.41, 5.74) is 0.877. The topological polar surface area (TPSA) is 144 Å².